The van der Waals surface area contributed by atoms with Gasteiger partial charge in [0.1, 0.15) is 6.29 Å². The molecule has 0 aromatic heterocycles. The number of carbonyl (C=O) groups excluding carboxylic acids is 1. The third kappa shape index (κ3) is 5.72. The molecule has 3 N–H and O–H groups in total. The van der Waals surface area contributed by atoms with E-state index in [1.165, 1.54) is 0 Å². The van der Waals surface area contributed by atoms with Crippen LogP contribution in [0.25, 0.3) is 0 Å². The maximum Gasteiger partial charge on any atom is 0.136 e. The zero-order valence-electron chi connectivity index (χ0n) is 6.47. The van der Waals surface area contributed by atoms with Crippen molar-refractivity contribution in [2.75, 3.05) is 13.1 Å². The molecular weight excluding hydrogens is 128 g/mol. The van der Waals surface area contributed by atoms with Gasteiger partial charge in [-0.25, -0.2) is 0 Å². The Balaban J connectivity index is 2.95. The fourth-order valence-electron chi connectivity index (χ4n) is 0.647. The standard InChI is InChI=1S/C7H16N2O/c1-7(6-10)9-5-3-2-4-8/h6-7,9H,2-5,8H2,1H3. The minimum absolute atomic E-state index is 0.0159. The van der Waals surface area contributed by atoms with Gasteiger partial charge in [0, 0.05) is 0 Å². The van der Waals surface area contributed by atoms with Gasteiger partial charge in [-0.3, -0.25) is 0 Å². The van der Waals surface area contributed by atoms with Crippen molar-refractivity contribution in [2.45, 2.75) is 25.8 Å². The fraction of sp³-hybridized carbons (Fsp3) is 0.857. The van der Waals surface area contributed by atoms with Crippen LogP contribution in [0.1, 0.15) is 19.8 Å². The Morgan fingerprint density at radius 3 is 2.80 bits per heavy atom. The molecule has 3 nitrogen and oxygen atoms in total. The van der Waals surface area contributed by atoms with E-state index in [2.05, 4.69) is 5.32 Å². The summed E-state index contributed by atoms with van der Waals surface area (Å²) < 4.78 is 0. The van der Waals surface area contributed by atoms with Crippen LogP contribution in [0.2, 0.25) is 0 Å². The van der Waals surface area contributed by atoms with Gasteiger partial charge in [-0.2, -0.15) is 0 Å². The number of unbranched alkanes of at least 4 members (excludes halogenated alkanes) is 1. The van der Waals surface area contributed by atoms with Crippen molar-refractivity contribution in [3.8, 4) is 0 Å². The van der Waals surface area contributed by atoms with E-state index < -0.39 is 0 Å². The van der Waals surface area contributed by atoms with E-state index >= 15 is 0 Å². The second-order valence-corrected chi connectivity index (χ2v) is 2.37. The number of nitrogens with two attached hydrogens (primary N) is 1. The first kappa shape index (κ1) is 9.59. The monoisotopic (exact) mass is 144 g/mol. The molecule has 0 fully saturated rings. The fourth-order valence-corrected chi connectivity index (χ4v) is 0.647. The van der Waals surface area contributed by atoms with Crippen molar-refractivity contribution in [3.63, 3.8) is 0 Å². The molecule has 0 amide bonds. The van der Waals surface area contributed by atoms with Gasteiger partial charge >= 0.3 is 0 Å². The van der Waals surface area contributed by atoms with Crippen molar-refractivity contribution in [1.82, 2.24) is 5.32 Å². The highest BCUT2D eigenvalue weighted by atomic mass is 16.1. The molecule has 0 radical (unpaired) electrons. The summed E-state index contributed by atoms with van der Waals surface area (Å²) in [5.41, 5.74) is 5.28. The highest BCUT2D eigenvalue weighted by Crippen LogP contribution is 1.83. The Morgan fingerprint density at radius 2 is 2.30 bits per heavy atom. The molecule has 60 valence electrons. The van der Waals surface area contributed by atoms with E-state index in [-0.39, 0.29) is 6.04 Å². The lowest BCUT2D eigenvalue weighted by molar-refractivity contribution is -0.109. The number of carbonyl (C=O) groups is 1. The first-order valence-corrected chi connectivity index (χ1v) is 3.70. The van der Waals surface area contributed by atoms with Crippen molar-refractivity contribution in [1.29, 1.82) is 0 Å². The summed E-state index contributed by atoms with van der Waals surface area (Å²) >= 11 is 0. The lowest BCUT2D eigenvalue weighted by Gasteiger charge is -2.04. The van der Waals surface area contributed by atoms with Gasteiger partial charge in [-0.05, 0) is 32.9 Å². The molecule has 0 spiro atoms. The number of hydrogen-bond donors (Lipinski definition) is 2. The summed E-state index contributed by atoms with van der Waals surface area (Å²) in [6.07, 6.45) is 2.98. The normalized spacial score (nSPS) is 13.0. The summed E-state index contributed by atoms with van der Waals surface area (Å²) in [6, 6.07) is -0.0159. The average Bonchev–Trinajstić information content (AvgIpc) is 1.98. The Labute approximate surface area is 62.0 Å². The third-order valence-corrected chi connectivity index (χ3v) is 1.30. The summed E-state index contributed by atoms with van der Waals surface area (Å²) in [4.78, 5) is 10.1. The molecule has 3 heteroatoms. The van der Waals surface area contributed by atoms with E-state index in [4.69, 9.17) is 5.73 Å². The molecule has 1 unspecified atom stereocenters. The molecular formula is C7H16N2O. The molecule has 0 saturated carbocycles. The molecule has 0 aliphatic heterocycles. The first-order valence-electron chi connectivity index (χ1n) is 3.70. The van der Waals surface area contributed by atoms with E-state index in [1.54, 1.807) is 0 Å². The van der Waals surface area contributed by atoms with E-state index in [0.29, 0.717) is 0 Å². The predicted molar refractivity (Wildman–Crippen MR) is 41.8 cm³/mol. The minimum Gasteiger partial charge on any atom is -0.330 e. The smallest absolute Gasteiger partial charge is 0.136 e. The molecule has 10 heavy (non-hydrogen) atoms. The van der Waals surface area contributed by atoms with Crippen LogP contribution in [0.4, 0.5) is 0 Å². The van der Waals surface area contributed by atoms with Crippen LogP contribution in [-0.4, -0.2) is 25.4 Å². The minimum atomic E-state index is -0.0159. The van der Waals surface area contributed by atoms with Crippen molar-refractivity contribution in [3.05, 3.63) is 0 Å². The number of aldehydes is 1. The zero-order valence-corrected chi connectivity index (χ0v) is 6.47. The zero-order chi connectivity index (χ0) is 7.82. The molecule has 0 aromatic rings. The number of rotatable bonds is 6. The van der Waals surface area contributed by atoms with Crippen LogP contribution in [0.5, 0.6) is 0 Å². The Bertz CT molecular complexity index is 85.7. The van der Waals surface area contributed by atoms with Crippen LogP contribution in [0.15, 0.2) is 0 Å². The number of nitrogens with one attached hydrogen (secondary N) is 1. The molecule has 0 aromatic carbocycles. The van der Waals surface area contributed by atoms with Crippen molar-refractivity contribution in [2.24, 2.45) is 5.73 Å². The molecule has 0 aliphatic rings. The topological polar surface area (TPSA) is 55.1 Å². The SMILES string of the molecule is CC(C=O)NCCCCN. The maximum atomic E-state index is 10.1. The van der Waals surface area contributed by atoms with Gasteiger partial charge in [-0.15, -0.1) is 0 Å². The van der Waals surface area contributed by atoms with E-state index in [9.17, 15) is 4.79 Å². The lowest BCUT2D eigenvalue weighted by atomic mass is 10.3. The molecule has 0 rings (SSSR count). The first-order chi connectivity index (χ1) is 4.81. The maximum absolute atomic E-state index is 10.1. The van der Waals surface area contributed by atoms with Crippen molar-refractivity contribution < 1.29 is 4.79 Å². The highest BCUT2D eigenvalue weighted by Gasteiger charge is 1.94. The molecule has 1 atom stereocenters. The van der Waals surface area contributed by atoms with Crippen LogP contribution < -0.4 is 11.1 Å². The molecule has 0 saturated heterocycles. The second kappa shape index (κ2) is 6.71. The van der Waals surface area contributed by atoms with Crippen LogP contribution in [0, 0.1) is 0 Å². The lowest BCUT2D eigenvalue weighted by Crippen LogP contribution is -2.28. The van der Waals surface area contributed by atoms with Gasteiger partial charge in [0.25, 0.3) is 0 Å². The van der Waals surface area contributed by atoms with Gasteiger partial charge in [-0.1, -0.05) is 0 Å². The summed E-state index contributed by atoms with van der Waals surface area (Å²) in [5.74, 6) is 0. The molecule has 0 heterocycles. The summed E-state index contributed by atoms with van der Waals surface area (Å²) in [7, 11) is 0. The van der Waals surface area contributed by atoms with Gasteiger partial charge < -0.3 is 15.8 Å². The second-order valence-electron chi connectivity index (χ2n) is 2.37. The van der Waals surface area contributed by atoms with Crippen LogP contribution in [-0.2, 0) is 4.79 Å². The Hall–Kier alpha value is -0.410. The third-order valence-electron chi connectivity index (χ3n) is 1.30. The van der Waals surface area contributed by atoms with Crippen LogP contribution in [0.3, 0.4) is 0 Å². The predicted octanol–water partition coefficient (Wildman–Crippen LogP) is -0.0977. The van der Waals surface area contributed by atoms with Crippen LogP contribution >= 0.6 is 0 Å². The Kier molecular flexibility index (Phi) is 6.43. The molecule has 0 bridgehead atoms. The van der Waals surface area contributed by atoms with Gasteiger partial charge in [0.15, 0.2) is 0 Å². The average molecular weight is 144 g/mol. The quantitative estimate of drug-likeness (QED) is 0.404. The summed E-state index contributed by atoms with van der Waals surface area (Å²) in [6.45, 7) is 3.46. The van der Waals surface area contributed by atoms with E-state index in [0.717, 1.165) is 32.2 Å². The largest absolute Gasteiger partial charge is 0.330 e. The summed E-state index contributed by atoms with van der Waals surface area (Å²) in [5, 5.41) is 3.04. The van der Waals surface area contributed by atoms with Crippen molar-refractivity contribution >= 4 is 6.29 Å². The molecule has 0 aliphatic carbocycles. The van der Waals surface area contributed by atoms with Gasteiger partial charge in [0.05, 0.1) is 6.04 Å². The highest BCUT2D eigenvalue weighted by molar-refractivity contribution is 5.56. The van der Waals surface area contributed by atoms with E-state index in [1.807, 2.05) is 6.92 Å². The van der Waals surface area contributed by atoms with Gasteiger partial charge in [0.2, 0.25) is 0 Å². The Morgan fingerprint density at radius 1 is 1.60 bits per heavy atom. The number of hydrogen-bond acceptors (Lipinski definition) is 3.